The smallest absolute Gasteiger partial charge is 0.244 e. The molecule has 0 saturated heterocycles. The summed E-state index contributed by atoms with van der Waals surface area (Å²) in [4.78, 5) is 24.0. The van der Waals surface area contributed by atoms with Crippen molar-refractivity contribution >= 4 is 29.5 Å². The first kappa shape index (κ1) is 21.8. The number of methoxy groups -OCH3 is 1. The summed E-state index contributed by atoms with van der Waals surface area (Å²) in [5, 5.41) is 5.84. The number of carbonyl (C=O) groups excluding carboxylic acids is 2. The molecule has 0 heterocycles. The molecule has 0 radical (unpaired) electrons. The van der Waals surface area contributed by atoms with E-state index in [1.165, 1.54) is 13.2 Å². The van der Waals surface area contributed by atoms with Crippen LogP contribution in [0.2, 0.25) is 5.02 Å². The van der Waals surface area contributed by atoms with Gasteiger partial charge in [-0.2, -0.15) is 0 Å². The molecular weight excluding hydrogens is 356 g/mol. The van der Waals surface area contributed by atoms with Crippen molar-refractivity contribution in [3.63, 3.8) is 0 Å². The molecule has 6 nitrogen and oxygen atoms in total. The lowest BCUT2D eigenvalue weighted by Crippen LogP contribution is -2.46. The number of hydrogen-bond donors (Lipinski definition) is 2. The summed E-state index contributed by atoms with van der Waals surface area (Å²) in [5.74, 6) is 0.364. The second-order valence-corrected chi connectivity index (χ2v) is 6.26. The highest BCUT2D eigenvalue weighted by molar-refractivity contribution is 6.32. The Morgan fingerprint density at radius 2 is 1.92 bits per heavy atom. The van der Waals surface area contributed by atoms with Gasteiger partial charge < -0.3 is 20.1 Å². The second kappa shape index (κ2) is 10.7. The predicted molar refractivity (Wildman–Crippen MR) is 104 cm³/mol. The summed E-state index contributed by atoms with van der Waals surface area (Å²) in [7, 11) is 1.51. The lowest BCUT2D eigenvalue weighted by atomic mass is 10.1. The summed E-state index contributed by atoms with van der Waals surface area (Å²) < 4.78 is 10.7. The molecule has 1 aromatic rings. The quantitative estimate of drug-likeness (QED) is 0.643. The van der Waals surface area contributed by atoms with E-state index in [9.17, 15) is 9.59 Å². The minimum Gasteiger partial charge on any atom is -0.491 e. The molecule has 1 rings (SSSR count). The molecule has 2 N–H and O–H groups in total. The molecule has 7 heteroatoms. The topological polar surface area (TPSA) is 76.7 Å². The monoisotopic (exact) mass is 382 g/mol. The average Bonchev–Trinajstić information content (AvgIpc) is 2.59. The Morgan fingerprint density at radius 1 is 1.23 bits per heavy atom. The predicted octanol–water partition coefficient (Wildman–Crippen LogP) is 3.18. The second-order valence-electron chi connectivity index (χ2n) is 5.85. The lowest BCUT2D eigenvalue weighted by Gasteiger charge is -2.16. The van der Waals surface area contributed by atoms with E-state index >= 15 is 0 Å². The highest BCUT2D eigenvalue weighted by atomic mass is 35.5. The highest BCUT2D eigenvalue weighted by Gasteiger charge is 2.16. The van der Waals surface area contributed by atoms with E-state index in [0.29, 0.717) is 28.7 Å². The van der Waals surface area contributed by atoms with Crippen LogP contribution in [0.25, 0.3) is 6.08 Å². The van der Waals surface area contributed by atoms with Gasteiger partial charge >= 0.3 is 0 Å². The van der Waals surface area contributed by atoms with Gasteiger partial charge in [-0.1, -0.05) is 18.5 Å². The van der Waals surface area contributed by atoms with E-state index in [1.54, 1.807) is 25.1 Å². The first-order valence-corrected chi connectivity index (χ1v) is 8.99. The van der Waals surface area contributed by atoms with E-state index in [0.717, 1.165) is 6.42 Å². The molecule has 0 aliphatic carbocycles. The molecule has 0 saturated carbocycles. The molecular formula is C19H27ClN2O4. The fraction of sp³-hybridized carbons (Fsp3) is 0.474. The molecule has 0 aliphatic rings. The Bertz CT molecular complexity index is 661. The van der Waals surface area contributed by atoms with Crippen LogP contribution >= 0.6 is 11.6 Å². The van der Waals surface area contributed by atoms with Crippen molar-refractivity contribution < 1.29 is 19.1 Å². The van der Waals surface area contributed by atoms with Gasteiger partial charge in [-0.15, -0.1) is 0 Å². The molecule has 144 valence electrons. The normalized spacial score (nSPS) is 13.2. The first-order chi connectivity index (χ1) is 12.3. The van der Waals surface area contributed by atoms with Crippen LogP contribution in [0.3, 0.4) is 0 Å². The summed E-state index contributed by atoms with van der Waals surface area (Å²) in [6, 6.07) is 2.85. The molecule has 26 heavy (non-hydrogen) atoms. The largest absolute Gasteiger partial charge is 0.491 e. The van der Waals surface area contributed by atoms with Crippen molar-refractivity contribution in [3.8, 4) is 11.5 Å². The molecule has 0 fully saturated rings. The SMILES string of the molecule is CCOc1cc(/C=C/C(=O)NC(C)C(=O)NC(C)CC)cc(Cl)c1OC. The number of hydrogen-bond acceptors (Lipinski definition) is 4. The van der Waals surface area contributed by atoms with Gasteiger partial charge in [0, 0.05) is 12.1 Å². The standard InChI is InChI=1S/C19H27ClN2O4/c1-6-12(3)21-19(24)13(4)22-17(23)9-8-14-10-15(20)18(25-5)16(11-14)26-7-2/h8-13H,6-7H2,1-5H3,(H,21,24)(H,22,23)/b9-8+. The van der Waals surface area contributed by atoms with Crippen molar-refractivity contribution in [1.29, 1.82) is 0 Å². The third-order valence-electron chi connectivity index (χ3n) is 3.72. The van der Waals surface area contributed by atoms with Crippen LogP contribution < -0.4 is 20.1 Å². The molecule has 2 atom stereocenters. The number of benzene rings is 1. The lowest BCUT2D eigenvalue weighted by molar-refractivity contribution is -0.127. The van der Waals surface area contributed by atoms with Gasteiger partial charge in [0.1, 0.15) is 6.04 Å². The molecule has 2 unspecified atom stereocenters. The van der Waals surface area contributed by atoms with Crippen molar-refractivity contribution in [2.24, 2.45) is 0 Å². The molecule has 0 aliphatic heterocycles. The fourth-order valence-corrected chi connectivity index (χ4v) is 2.41. The van der Waals surface area contributed by atoms with Crippen LogP contribution in [0.5, 0.6) is 11.5 Å². The minimum atomic E-state index is -0.625. The van der Waals surface area contributed by atoms with Crippen LogP contribution in [-0.2, 0) is 9.59 Å². The molecule has 2 amide bonds. The van der Waals surface area contributed by atoms with Crippen LogP contribution in [0.15, 0.2) is 18.2 Å². The maximum Gasteiger partial charge on any atom is 0.244 e. The van der Waals surface area contributed by atoms with E-state index in [-0.39, 0.29) is 17.9 Å². The van der Waals surface area contributed by atoms with Crippen molar-refractivity contribution in [2.75, 3.05) is 13.7 Å². The van der Waals surface area contributed by atoms with Gasteiger partial charge in [0.05, 0.1) is 18.7 Å². The van der Waals surface area contributed by atoms with Crippen LogP contribution in [0.4, 0.5) is 0 Å². The number of nitrogens with one attached hydrogen (secondary N) is 2. The maximum absolute atomic E-state index is 12.0. The number of carbonyl (C=O) groups is 2. The average molecular weight is 383 g/mol. The zero-order valence-electron chi connectivity index (χ0n) is 15.9. The Kier molecular flexibility index (Phi) is 8.99. The number of amides is 2. The summed E-state index contributed by atoms with van der Waals surface area (Å²) in [6.45, 7) is 7.85. The third-order valence-corrected chi connectivity index (χ3v) is 4.00. The van der Waals surface area contributed by atoms with Gasteiger partial charge in [-0.3, -0.25) is 9.59 Å². The van der Waals surface area contributed by atoms with E-state index in [1.807, 2.05) is 20.8 Å². The van der Waals surface area contributed by atoms with Crippen LogP contribution in [-0.4, -0.2) is 37.6 Å². The van der Waals surface area contributed by atoms with Gasteiger partial charge in [-0.05, 0) is 51.0 Å². The van der Waals surface area contributed by atoms with Crippen LogP contribution in [0, 0.1) is 0 Å². The Morgan fingerprint density at radius 3 is 2.50 bits per heavy atom. The fourth-order valence-electron chi connectivity index (χ4n) is 2.11. The van der Waals surface area contributed by atoms with Crippen molar-refractivity contribution in [3.05, 3.63) is 28.8 Å². The summed E-state index contributed by atoms with van der Waals surface area (Å²) >= 11 is 6.18. The molecule has 0 spiro atoms. The zero-order valence-corrected chi connectivity index (χ0v) is 16.6. The van der Waals surface area contributed by atoms with Crippen molar-refractivity contribution in [2.45, 2.75) is 46.2 Å². The van der Waals surface area contributed by atoms with E-state index in [4.69, 9.17) is 21.1 Å². The van der Waals surface area contributed by atoms with Gasteiger partial charge in [0.15, 0.2) is 11.5 Å². The zero-order chi connectivity index (χ0) is 19.7. The highest BCUT2D eigenvalue weighted by Crippen LogP contribution is 2.36. The maximum atomic E-state index is 12.0. The number of rotatable bonds is 9. The third kappa shape index (κ3) is 6.59. The van der Waals surface area contributed by atoms with Crippen molar-refractivity contribution in [1.82, 2.24) is 10.6 Å². The Labute approximate surface area is 159 Å². The van der Waals surface area contributed by atoms with Gasteiger partial charge in [0.2, 0.25) is 11.8 Å². The van der Waals surface area contributed by atoms with E-state index < -0.39 is 6.04 Å². The van der Waals surface area contributed by atoms with Gasteiger partial charge in [-0.25, -0.2) is 0 Å². The first-order valence-electron chi connectivity index (χ1n) is 8.61. The van der Waals surface area contributed by atoms with Crippen LogP contribution in [0.1, 0.15) is 39.7 Å². The summed E-state index contributed by atoms with van der Waals surface area (Å²) in [5.41, 5.74) is 0.686. The van der Waals surface area contributed by atoms with E-state index in [2.05, 4.69) is 10.6 Å². The van der Waals surface area contributed by atoms with Gasteiger partial charge in [0.25, 0.3) is 0 Å². The Hall–Kier alpha value is -2.21. The summed E-state index contributed by atoms with van der Waals surface area (Å²) in [6.07, 6.45) is 3.77. The molecule has 0 bridgehead atoms. The molecule has 1 aromatic carbocycles. The number of halogens is 1. The minimum absolute atomic E-state index is 0.0656. The molecule has 0 aromatic heterocycles. The number of ether oxygens (including phenoxy) is 2. The Balaban J connectivity index is 2.77.